The standard InChI is InChI=1S/C22H31FN4S/c1-3-26(17-20-13-24-22(28-2)25-14-20)15-19-7-5-10-27(16-19)11-9-18-6-4-8-21(23)12-18/h4,6,8,12-14,19H,3,5,7,9-11,15-17H2,1-2H3. The van der Waals surface area contributed by atoms with E-state index >= 15 is 0 Å². The molecule has 1 aromatic carbocycles. The topological polar surface area (TPSA) is 32.3 Å². The predicted molar refractivity (Wildman–Crippen MR) is 114 cm³/mol. The monoisotopic (exact) mass is 402 g/mol. The summed E-state index contributed by atoms with van der Waals surface area (Å²) in [6.45, 7) is 8.57. The third kappa shape index (κ3) is 6.54. The van der Waals surface area contributed by atoms with Crippen molar-refractivity contribution >= 4 is 11.8 Å². The number of halogens is 1. The maximum atomic E-state index is 13.4. The molecular formula is C22H31FN4S. The van der Waals surface area contributed by atoms with E-state index in [2.05, 4.69) is 26.7 Å². The van der Waals surface area contributed by atoms with Crippen LogP contribution in [0.5, 0.6) is 0 Å². The summed E-state index contributed by atoms with van der Waals surface area (Å²) in [5.74, 6) is 0.551. The molecule has 1 saturated heterocycles. The molecule has 2 heterocycles. The van der Waals surface area contributed by atoms with E-state index in [1.165, 1.54) is 24.5 Å². The van der Waals surface area contributed by atoms with E-state index in [4.69, 9.17) is 0 Å². The van der Waals surface area contributed by atoms with Crippen molar-refractivity contribution in [3.63, 3.8) is 0 Å². The molecule has 1 fully saturated rings. The highest BCUT2D eigenvalue weighted by atomic mass is 32.2. The fourth-order valence-electron chi connectivity index (χ4n) is 3.94. The number of hydrogen-bond acceptors (Lipinski definition) is 5. The number of benzene rings is 1. The Morgan fingerprint density at radius 1 is 1.25 bits per heavy atom. The van der Waals surface area contributed by atoms with Crippen molar-refractivity contribution in [1.29, 1.82) is 0 Å². The zero-order valence-corrected chi connectivity index (χ0v) is 17.8. The van der Waals surface area contributed by atoms with E-state index in [0.29, 0.717) is 5.92 Å². The smallest absolute Gasteiger partial charge is 0.187 e. The second kappa shape index (κ2) is 10.9. The number of aromatic nitrogens is 2. The molecule has 0 saturated carbocycles. The SMILES string of the molecule is CCN(Cc1cnc(SC)nc1)CC1CCCN(CCc2cccc(F)c2)C1. The summed E-state index contributed by atoms with van der Waals surface area (Å²) in [5.41, 5.74) is 2.27. The average Bonchev–Trinajstić information content (AvgIpc) is 2.73. The van der Waals surface area contributed by atoms with Crippen LogP contribution < -0.4 is 0 Å². The summed E-state index contributed by atoms with van der Waals surface area (Å²) in [4.78, 5) is 13.8. The summed E-state index contributed by atoms with van der Waals surface area (Å²) < 4.78 is 13.4. The quantitative estimate of drug-likeness (QED) is 0.465. The van der Waals surface area contributed by atoms with Gasteiger partial charge in [0.05, 0.1) is 0 Å². The van der Waals surface area contributed by atoms with Gasteiger partial charge in [-0.25, -0.2) is 14.4 Å². The van der Waals surface area contributed by atoms with Crippen LogP contribution in [0.1, 0.15) is 30.9 Å². The first-order chi connectivity index (χ1) is 13.7. The third-order valence-corrected chi connectivity index (χ3v) is 6.02. The van der Waals surface area contributed by atoms with Gasteiger partial charge in [0, 0.05) is 44.1 Å². The molecule has 2 aromatic rings. The van der Waals surface area contributed by atoms with Crippen molar-refractivity contribution in [1.82, 2.24) is 19.8 Å². The van der Waals surface area contributed by atoms with Crippen LogP contribution in [0.2, 0.25) is 0 Å². The Kier molecular flexibility index (Phi) is 8.25. The van der Waals surface area contributed by atoms with E-state index in [0.717, 1.165) is 56.4 Å². The lowest BCUT2D eigenvalue weighted by molar-refractivity contribution is 0.133. The number of likely N-dealkylation sites (tertiary alicyclic amines) is 1. The molecule has 1 atom stereocenters. The number of piperidine rings is 1. The molecule has 0 bridgehead atoms. The lowest BCUT2D eigenvalue weighted by Crippen LogP contribution is -2.41. The molecule has 28 heavy (non-hydrogen) atoms. The minimum absolute atomic E-state index is 0.137. The summed E-state index contributed by atoms with van der Waals surface area (Å²) in [7, 11) is 0. The molecule has 152 valence electrons. The first kappa shape index (κ1) is 21.2. The molecule has 1 aliphatic rings. The maximum Gasteiger partial charge on any atom is 0.187 e. The Morgan fingerprint density at radius 2 is 2.07 bits per heavy atom. The van der Waals surface area contributed by atoms with Gasteiger partial charge in [-0.3, -0.25) is 4.90 Å². The normalized spacial score (nSPS) is 17.9. The van der Waals surface area contributed by atoms with E-state index < -0.39 is 0 Å². The van der Waals surface area contributed by atoms with E-state index in [1.54, 1.807) is 23.9 Å². The first-order valence-electron chi connectivity index (χ1n) is 10.2. The number of rotatable bonds is 9. The Morgan fingerprint density at radius 3 is 2.79 bits per heavy atom. The molecular weight excluding hydrogens is 371 g/mol. The van der Waals surface area contributed by atoms with Gasteiger partial charge >= 0.3 is 0 Å². The zero-order chi connectivity index (χ0) is 19.8. The molecule has 0 aliphatic carbocycles. The summed E-state index contributed by atoms with van der Waals surface area (Å²) in [5, 5.41) is 0.827. The summed E-state index contributed by atoms with van der Waals surface area (Å²) in [6.07, 6.45) is 9.35. The molecule has 0 spiro atoms. The van der Waals surface area contributed by atoms with Crippen molar-refractivity contribution < 1.29 is 4.39 Å². The van der Waals surface area contributed by atoms with Crippen LogP contribution in [0.25, 0.3) is 0 Å². The second-order valence-corrected chi connectivity index (χ2v) is 8.37. The van der Waals surface area contributed by atoms with Gasteiger partial charge in [-0.2, -0.15) is 0 Å². The zero-order valence-electron chi connectivity index (χ0n) is 17.0. The van der Waals surface area contributed by atoms with Crippen molar-refractivity contribution in [3.8, 4) is 0 Å². The maximum absolute atomic E-state index is 13.4. The van der Waals surface area contributed by atoms with E-state index in [9.17, 15) is 4.39 Å². The van der Waals surface area contributed by atoms with Crippen molar-refractivity contribution in [3.05, 3.63) is 53.6 Å². The van der Waals surface area contributed by atoms with Crippen LogP contribution >= 0.6 is 11.8 Å². The van der Waals surface area contributed by atoms with Gasteiger partial charge in [-0.15, -0.1) is 0 Å². The molecule has 3 rings (SSSR count). The van der Waals surface area contributed by atoms with Crippen LogP contribution in [0, 0.1) is 11.7 Å². The molecule has 4 nitrogen and oxygen atoms in total. The second-order valence-electron chi connectivity index (χ2n) is 7.59. The molecule has 0 amide bonds. The third-order valence-electron chi connectivity index (χ3n) is 5.44. The van der Waals surface area contributed by atoms with Gasteiger partial charge in [-0.05, 0) is 62.2 Å². The summed E-state index contributed by atoms with van der Waals surface area (Å²) in [6, 6.07) is 7.00. The Balaban J connectivity index is 1.48. The van der Waals surface area contributed by atoms with Gasteiger partial charge in [-0.1, -0.05) is 30.8 Å². The number of hydrogen-bond donors (Lipinski definition) is 0. The number of thioether (sulfide) groups is 1. The minimum Gasteiger partial charge on any atom is -0.303 e. The predicted octanol–water partition coefficient (Wildman–Crippen LogP) is 4.11. The van der Waals surface area contributed by atoms with Gasteiger partial charge in [0.2, 0.25) is 0 Å². The van der Waals surface area contributed by atoms with E-state index in [-0.39, 0.29) is 5.82 Å². The largest absolute Gasteiger partial charge is 0.303 e. The van der Waals surface area contributed by atoms with Crippen LogP contribution in [0.3, 0.4) is 0 Å². The highest BCUT2D eigenvalue weighted by Gasteiger charge is 2.21. The lowest BCUT2D eigenvalue weighted by atomic mass is 9.96. The highest BCUT2D eigenvalue weighted by molar-refractivity contribution is 7.98. The average molecular weight is 403 g/mol. The van der Waals surface area contributed by atoms with Gasteiger partial charge in [0.15, 0.2) is 5.16 Å². The Bertz CT molecular complexity index is 725. The minimum atomic E-state index is -0.137. The van der Waals surface area contributed by atoms with Crippen LogP contribution in [0.15, 0.2) is 41.8 Å². The summed E-state index contributed by atoms with van der Waals surface area (Å²) >= 11 is 1.57. The molecule has 0 radical (unpaired) electrons. The van der Waals surface area contributed by atoms with Crippen molar-refractivity contribution in [2.75, 3.05) is 39.0 Å². The van der Waals surface area contributed by atoms with Crippen LogP contribution in [-0.4, -0.2) is 58.7 Å². The molecule has 0 N–H and O–H groups in total. The fourth-order valence-corrected chi connectivity index (χ4v) is 4.26. The Hall–Kier alpha value is -1.50. The lowest BCUT2D eigenvalue weighted by Gasteiger charge is -2.35. The molecule has 1 unspecified atom stereocenters. The van der Waals surface area contributed by atoms with Crippen LogP contribution in [0.4, 0.5) is 4.39 Å². The first-order valence-corrected chi connectivity index (χ1v) is 11.4. The molecule has 1 aromatic heterocycles. The Labute approximate surface area is 172 Å². The highest BCUT2D eigenvalue weighted by Crippen LogP contribution is 2.19. The van der Waals surface area contributed by atoms with Gasteiger partial charge in [0.1, 0.15) is 5.82 Å². The van der Waals surface area contributed by atoms with E-state index in [1.807, 2.05) is 24.7 Å². The number of nitrogens with zero attached hydrogens (tertiary/aromatic N) is 4. The van der Waals surface area contributed by atoms with Crippen molar-refractivity contribution in [2.45, 2.75) is 37.9 Å². The van der Waals surface area contributed by atoms with Gasteiger partial charge in [0.25, 0.3) is 0 Å². The fraction of sp³-hybridized carbons (Fsp3) is 0.545. The van der Waals surface area contributed by atoms with Crippen LogP contribution in [-0.2, 0) is 13.0 Å². The molecule has 6 heteroatoms. The van der Waals surface area contributed by atoms with Crippen molar-refractivity contribution in [2.24, 2.45) is 5.92 Å². The molecule has 1 aliphatic heterocycles. The van der Waals surface area contributed by atoms with Gasteiger partial charge < -0.3 is 4.90 Å².